The van der Waals surface area contributed by atoms with E-state index < -0.39 is 0 Å². The number of carbonyl (C=O) groups is 1. The molecule has 16 heavy (non-hydrogen) atoms. The van der Waals surface area contributed by atoms with Crippen LogP contribution in [0.2, 0.25) is 5.82 Å². The summed E-state index contributed by atoms with van der Waals surface area (Å²) >= 11 is 3.84. The second kappa shape index (κ2) is 6.89. The molecule has 86 valence electrons. The molecule has 0 unspecified atom stereocenters. The van der Waals surface area contributed by atoms with Gasteiger partial charge >= 0.3 is 111 Å². The number of rotatable bonds is 4. The van der Waals surface area contributed by atoms with E-state index in [2.05, 4.69) is 27.8 Å². The van der Waals surface area contributed by atoms with E-state index in [1.54, 1.807) is 6.92 Å². The van der Waals surface area contributed by atoms with Crippen LogP contribution in [-0.2, 0) is 9.53 Å². The van der Waals surface area contributed by atoms with Crippen molar-refractivity contribution < 1.29 is 9.53 Å². The average molecular weight is 348 g/mol. The summed E-state index contributed by atoms with van der Waals surface area (Å²) in [6, 6.07) is 6.06. The van der Waals surface area contributed by atoms with Crippen LogP contribution in [0.4, 0.5) is 0 Å². The molecule has 0 aromatic heterocycles. The molecule has 0 aliphatic carbocycles. The minimum absolute atomic E-state index is 0.292. The zero-order valence-electron chi connectivity index (χ0n) is 9.20. The Hall–Kier alpha value is -0.571. The van der Waals surface area contributed by atoms with E-state index in [4.69, 9.17) is 4.74 Å². The summed E-state index contributed by atoms with van der Waals surface area (Å²) in [5.74, 6) is 1.86. The van der Waals surface area contributed by atoms with E-state index in [-0.39, 0.29) is 5.97 Å². The van der Waals surface area contributed by atoms with Gasteiger partial charge in [-0.05, 0) is 0 Å². The molecule has 0 fully saturated rings. The Kier molecular flexibility index (Phi) is 5.81. The third kappa shape index (κ3) is 4.12. The summed E-state index contributed by atoms with van der Waals surface area (Å²) < 4.78 is 7.17. The topological polar surface area (TPSA) is 26.3 Å². The fourth-order valence-corrected chi connectivity index (χ4v) is 3.17. The summed E-state index contributed by atoms with van der Waals surface area (Å²) in [6.45, 7) is 2.21. The number of hydrogen-bond acceptors (Lipinski definition) is 2. The van der Waals surface area contributed by atoms with Gasteiger partial charge in [-0.1, -0.05) is 0 Å². The zero-order valence-corrected chi connectivity index (χ0v) is 12.5. The van der Waals surface area contributed by atoms with Gasteiger partial charge in [0, 0.05) is 0 Å². The maximum atomic E-state index is 11.2. The predicted octanol–water partition coefficient (Wildman–Crippen LogP) is 2.40. The van der Waals surface area contributed by atoms with Crippen molar-refractivity contribution in [1.82, 2.24) is 0 Å². The maximum absolute atomic E-state index is 11.2. The van der Waals surface area contributed by atoms with Crippen molar-refractivity contribution in [2.75, 3.05) is 6.61 Å². The van der Waals surface area contributed by atoms with Gasteiger partial charge in [-0.2, -0.15) is 0 Å². The Morgan fingerprint density at radius 2 is 2.31 bits per heavy atom. The van der Waals surface area contributed by atoms with E-state index in [1.165, 1.54) is 10.5 Å². The number of benzene rings is 1. The van der Waals surface area contributed by atoms with Gasteiger partial charge in [-0.3, -0.25) is 0 Å². The van der Waals surface area contributed by atoms with Gasteiger partial charge in [-0.15, -0.1) is 0 Å². The van der Waals surface area contributed by atoms with E-state index in [9.17, 15) is 4.79 Å². The summed E-state index contributed by atoms with van der Waals surface area (Å²) in [4.78, 5) is 11.2. The number of carbonyl (C=O) groups excluding carboxylic acids is 1. The van der Waals surface area contributed by atoms with Crippen molar-refractivity contribution in [2.24, 2.45) is 0 Å². The second-order valence-corrected chi connectivity index (χ2v) is 5.67. The second-order valence-electron chi connectivity index (χ2n) is 2.97. The molecule has 0 saturated carbocycles. The average Bonchev–Trinajstić information content (AvgIpc) is 2.27. The standard InChI is InChI=1S/C12H13BrO2Se/c1-3-15-12(14)7-5-9-4-6-10(13)8-11(9)16-2/h4-8H,3H2,1-2H3/b7-5+. The van der Waals surface area contributed by atoms with Crippen LogP contribution in [0.3, 0.4) is 0 Å². The molecule has 0 amide bonds. The molecule has 0 atom stereocenters. The molecule has 0 aliphatic heterocycles. The molecule has 0 N–H and O–H groups in total. The van der Waals surface area contributed by atoms with Gasteiger partial charge in [0.25, 0.3) is 0 Å². The number of halogens is 1. The summed E-state index contributed by atoms with van der Waals surface area (Å²) in [7, 11) is 0. The number of ether oxygens (including phenoxy) is 1. The molecule has 0 aliphatic rings. The van der Waals surface area contributed by atoms with Crippen molar-refractivity contribution in [3.63, 3.8) is 0 Å². The van der Waals surface area contributed by atoms with Crippen molar-refractivity contribution >= 4 is 47.4 Å². The third-order valence-corrected chi connectivity index (χ3v) is 4.04. The minimum atomic E-state index is -0.292. The molecular formula is C12H13BrO2Se. The molecule has 1 aromatic carbocycles. The Bertz CT molecular complexity index is 402. The first-order chi connectivity index (χ1) is 7.67. The molecule has 0 saturated heterocycles. The van der Waals surface area contributed by atoms with E-state index in [0.29, 0.717) is 21.6 Å². The van der Waals surface area contributed by atoms with E-state index in [0.717, 1.165) is 10.0 Å². The molecule has 0 bridgehead atoms. The Morgan fingerprint density at radius 1 is 1.56 bits per heavy atom. The van der Waals surface area contributed by atoms with Crippen molar-refractivity contribution in [1.29, 1.82) is 0 Å². The monoisotopic (exact) mass is 348 g/mol. The normalized spacial score (nSPS) is 10.7. The van der Waals surface area contributed by atoms with Crippen LogP contribution < -0.4 is 4.46 Å². The van der Waals surface area contributed by atoms with Crippen LogP contribution in [-0.4, -0.2) is 27.5 Å². The zero-order chi connectivity index (χ0) is 12.0. The fraction of sp³-hybridized carbons (Fsp3) is 0.250. The van der Waals surface area contributed by atoms with Gasteiger partial charge in [-0.25, -0.2) is 0 Å². The molecule has 0 heterocycles. The first-order valence-corrected chi connectivity index (χ1v) is 8.22. The summed E-state index contributed by atoms with van der Waals surface area (Å²) in [5, 5.41) is 0. The fourth-order valence-electron chi connectivity index (χ4n) is 1.17. The Labute approximate surface area is 110 Å². The van der Waals surface area contributed by atoms with Crippen molar-refractivity contribution in [2.45, 2.75) is 12.7 Å². The third-order valence-electron chi connectivity index (χ3n) is 1.88. The molecule has 0 radical (unpaired) electrons. The predicted molar refractivity (Wildman–Crippen MR) is 71.1 cm³/mol. The van der Waals surface area contributed by atoms with Crippen molar-refractivity contribution in [3.05, 3.63) is 34.3 Å². The Morgan fingerprint density at radius 3 is 2.94 bits per heavy atom. The summed E-state index contributed by atoms with van der Waals surface area (Å²) in [6.07, 6.45) is 3.28. The Balaban J connectivity index is 2.84. The molecular weight excluding hydrogens is 335 g/mol. The first-order valence-electron chi connectivity index (χ1n) is 4.85. The number of esters is 1. The van der Waals surface area contributed by atoms with Gasteiger partial charge in [0.15, 0.2) is 0 Å². The van der Waals surface area contributed by atoms with Gasteiger partial charge in [0.05, 0.1) is 0 Å². The van der Waals surface area contributed by atoms with E-state index >= 15 is 0 Å². The van der Waals surface area contributed by atoms with Crippen LogP contribution in [0, 0.1) is 0 Å². The first kappa shape index (κ1) is 13.5. The SMILES string of the molecule is CCOC(=O)/C=C/c1ccc(Br)cc1[Se]C. The van der Waals surface area contributed by atoms with Gasteiger partial charge in [0.1, 0.15) is 0 Å². The molecule has 1 aromatic rings. The number of hydrogen-bond donors (Lipinski definition) is 0. The van der Waals surface area contributed by atoms with Crippen LogP contribution in [0.25, 0.3) is 6.08 Å². The van der Waals surface area contributed by atoms with Gasteiger partial charge in [0.2, 0.25) is 0 Å². The van der Waals surface area contributed by atoms with Crippen LogP contribution in [0.15, 0.2) is 28.7 Å². The molecule has 0 spiro atoms. The van der Waals surface area contributed by atoms with Crippen LogP contribution in [0.5, 0.6) is 0 Å². The van der Waals surface area contributed by atoms with Crippen molar-refractivity contribution in [3.8, 4) is 0 Å². The quantitative estimate of drug-likeness (QED) is 0.475. The molecule has 4 heteroatoms. The summed E-state index contributed by atoms with van der Waals surface area (Å²) in [5.41, 5.74) is 1.08. The van der Waals surface area contributed by atoms with Gasteiger partial charge < -0.3 is 0 Å². The van der Waals surface area contributed by atoms with Crippen LogP contribution in [0.1, 0.15) is 12.5 Å². The molecule has 1 rings (SSSR count). The van der Waals surface area contributed by atoms with Crippen LogP contribution >= 0.6 is 15.9 Å². The van der Waals surface area contributed by atoms with E-state index in [1.807, 2.05) is 18.2 Å². The molecule has 2 nitrogen and oxygen atoms in total.